The minimum absolute atomic E-state index is 0.0795. The van der Waals surface area contributed by atoms with Crippen LogP contribution in [-0.4, -0.2) is 34.3 Å². The minimum Gasteiger partial charge on any atom is -0.355 e. The van der Waals surface area contributed by atoms with Crippen LogP contribution >= 0.6 is 11.3 Å². The predicted octanol–water partition coefficient (Wildman–Crippen LogP) is 0.0120. The highest BCUT2D eigenvalue weighted by atomic mass is 32.1. The van der Waals surface area contributed by atoms with Gasteiger partial charge < -0.3 is 10.6 Å². The molecule has 0 aromatic carbocycles. The van der Waals surface area contributed by atoms with Gasteiger partial charge in [0.2, 0.25) is 5.91 Å². The standard InChI is InChI=1S/C12H14N4O3S/c1-2-3-13-9(17)7-14-10(18)8-6-15-12-16(11(8)19)4-5-20-12/h4-6H,2-3,7H2,1H3,(H,13,17)(H,14,18). The molecule has 2 aromatic rings. The second-order valence-corrected chi connectivity index (χ2v) is 4.94. The summed E-state index contributed by atoms with van der Waals surface area (Å²) in [5, 5.41) is 6.74. The monoisotopic (exact) mass is 294 g/mol. The highest BCUT2D eigenvalue weighted by molar-refractivity contribution is 7.15. The average Bonchev–Trinajstić information content (AvgIpc) is 2.92. The Kier molecular flexibility index (Phi) is 4.46. The van der Waals surface area contributed by atoms with E-state index in [0.717, 1.165) is 6.42 Å². The summed E-state index contributed by atoms with van der Waals surface area (Å²) in [6, 6.07) is 0. The Balaban J connectivity index is 2.06. The molecule has 0 aliphatic rings. The molecule has 2 heterocycles. The first-order valence-electron chi connectivity index (χ1n) is 6.13. The van der Waals surface area contributed by atoms with E-state index in [1.54, 1.807) is 11.6 Å². The van der Waals surface area contributed by atoms with Crippen molar-refractivity contribution < 1.29 is 9.59 Å². The molecule has 0 bridgehead atoms. The lowest BCUT2D eigenvalue weighted by atomic mass is 10.3. The van der Waals surface area contributed by atoms with Crippen molar-refractivity contribution in [1.82, 2.24) is 20.0 Å². The minimum atomic E-state index is -0.602. The van der Waals surface area contributed by atoms with Crippen LogP contribution in [0.15, 0.2) is 22.6 Å². The fraction of sp³-hybridized carbons (Fsp3) is 0.333. The van der Waals surface area contributed by atoms with Crippen LogP contribution < -0.4 is 16.2 Å². The molecule has 2 rings (SSSR count). The third-order valence-corrected chi connectivity index (χ3v) is 3.34. The van der Waals surface area contributed by atoms with E-state index in [0.29, 0.717) is 11.5 Å². The van der Waals surface area contributed by atoms with Gasteiger partial charge in [0.1, 0.15) is 5.56 Å². The lowest BCUT2D eigenvalue weighted by Crippen LogP contribution is -2.39. The molecule has 0 radical (unpaired) electrons. The number of aromatic nitrogens is 2. The topological polar surface area (TPSA) is 92.6 Å². The number of rotatable bonds is 5. The van der Waals surface area contributed by atoms with Gasteiger partial charge in [-0.25, -0.2) is 4.98 Å². The van der Waals surface area contributed by atoms with E-state index in [4.69, 9.17) is 0 Å². The molecule has 7 nitrogen and oxygen atoms in total. The van der Waals surface area contributed by atoms with Crippen LogP contribution in [0.1, 0.15) is 23.7 Å². The van der Waals surface area contributed by atoms with Gasteiger partial charge in [-0.3, -0.25) is 18.8 Å². The lowest BCUT2D eigenvalue weighted by molar-refractivity contribution is -0.120. The van der Waals surface area contributed by atoms with E-state index in [-0.39, 0.29) is 18.0 Å². The number of nitrogens with zero attached hydrogens (tertiary/aromatic N) is 2. The zero-order valence-corrected chi connectivity index (χ0v) is 11.7. The number of amides is 2. The van der Waals surface area contributed by atoms with Gasteiger partial charge in [-0.05, 0) is 6.42 Å². The molecule has 2 aromatic heterocycles. The largest absolute Gasteiger partial charge is 0.355 e. The molecule has 8 heteroatoms. The third-order valence-electron chi connectivity index (χ3n) is 2.57. The summed E-state index contributed by atoms with van der Waals surface area (Å²) in [7, 11) is 0. The summed E-state index contributed by atoms with van der Waals surface area (Å²) in [6.07, 6.45) is 3.60. The molecule has 0 aliphatic heterocycles. The molecule has 2 N–H and O–H groups in total. The van der Waals surface area contributed by atoms with Crippen molar-refractivity contribution in [2.75, 3.05) is 13.1 Å². The fourth-order valence-corrected chi connectivity index (χ4v) is 2.24. The van der Waals surface area contributed by atoms with Gasteiger partial charge in [0.15, 0.2) is 4.96 Å². The number of carbonyl (C=O) groups is 2. The number of hydrogen-bond donors (Lipinski definition) is 2. The van der Waals surface area contributed by atoms with Crippen molar-refractivity contribution in [2.24, 2.45) is 0 Å². The average molecular weight is 294 g/mol. The normalized spacial score (nSPS) is 10.4. The van der Waals surface area contributed by atoms with Crippen molar-refractivity contribution in [3.05, 3.63) is 33.7 Å². The van der Waals surface area contributed by atoms with E-state index in [1.165, 1.54) is 21.9 Å². The number of thiazole rings is 1. The zero-order valence-electron chi connectivity index (χ0n) is 10.9. The summed E-state index contributed by atoms with van der Waals surface area (Å²) in [5.41, 5.74) is -0.521. The number of hydrogen-bond acceptors (Lipinski definition) is 5. The number of fused-ring (bicyclic) bond motifs is 1. The smallest absolute Gasteiger partial charge is 0.271 e. The number of nitrogens with one attached hydrogen (secondary N) is 2. The van der Waals surface area contributed by atoms with E-state index in [2.05, 4.69) is 15.6 Å². The molecule has 2 amide bonds. The maximum absolute atomic E-state index is 12.0. The zero-order chi connectivity index (χ0) is 14.5. The molecule has 0 atom stereocenters. The van der Waals surface area contributed by atoms with Gasteiger partial charge in [0.05, 0.1) is 6.54 Å². The van der Waals surface area contributed by atoms with Crippen LogP contribution in [0.4, 0.5) is 0 Å². The molecule has 0 unspecified atom stereocenters. The van der Waals surface area contributed by atoms with Gasteiger partial charge in [-0.2, -0.15) is 0 Å². The van der Waals surface area contributed by atoms with Crippen molar-refractivity contribution in [2.45, 2.75) is 13.3 Å². The summed E-state index contributed by atoms with van der Waals surface area (Å²) in [6.45, 7) is 2.33. The quantitative estimate of drug-likeness (QED) is 0.812. The number of carbonyl (C=O) groups excluding carboxylic acids is 2. The second kappa shape index (κ2) is 6.29. The molecule has 0 fully saturated rings. The van der Waals surface area contributed by atoms with Crippen LogP contribution in [0.5, 0.6) is 0 Å². The van der Waals surface area contributed by atoms with Crippen molar-refractivity contribution in [1.29, 1.82) is 0 Å². The first kappa shape index (κ1) is 14.2. The second-order valence-electron chi connectivity index (χ2n) is 4.07. The first-order valence-corrected chi connectivity index (χ1v) is 7.01. The lowest BCUT2D eigenvalue weighted by Gasteiger charge is -2.05. The van der Waals surface area contributed by atoms with Crippen LogP contribution in [0.25, 0.3) is 4.96 Å². The Morgan fingerprint density at radius 1 is 1.40 bits per heavy atom. The van der Waals surface area contributed by atoms with Crippen LogP contribution in [0, 0.1) is 0 Å². The first-order chi connectivity index (χ1) is 9.63. The molecule has 106 valence electrons. The summed E-state index contributed by atoms with van der Waals surface area (Å²) >= 11 is 1.31. The molecule has 0 aliphatic carbocycles. The maximum atomic E-state index is 12.0. The van der Waals surface area contributed by atoms with Gasteiger partial charge in [-0.1, -0.05) is 6.92 Å². The maximum Gasteiger partial charge on any atom is 0.271 e. The Labute approximate surface area is 118 Å². The highest BCUT2D eigenvalue weighted by Gasteiger charge is 2.14. The third kappa shape index (κ3) is 3.02. The van der Waals surface area contributed by atoms with Gasteiger partial charge in [0, 0.05) is 24.3 Å². The summed E-state index contributed by atoms with van der Waals surface area (Å²) in [5.74, 6) is -0.889. The highest BCUT2D eigenvalue weighted by Crippen LogP contribution is 2.05. The molecule has 20 heavy (non-hydrogen) atoms. The van der Waals surface area contributed by atoms with E-state index >= 15 is 0 Å². The molecular formula is C12H14N4O3S. The fourth-order valence-electron chi connectivity index (χ4n) is 1.56. The Hall–Kier alpha value is -2.22. The Morgan fingerprint density at radius 3 is 2.95 bits per heavy atom. The molecule has 0 spiro atoms. The van der Waals surface area contributed by atoms with Crippen molar-refractivity contribution >= 4 is 28.1 Å². The van der Waals surface area contributed by atoms with Crippen LogP contribution in [0.3, 0.4) is 0 Å². The van der Waals surface area contributed by atoms with Crippen molar-refractivity contribution in [3.63, 3.8) is 0 Å². The summed E-state index contributed by atoms with van der Waals surface area (Å²) in [4.78, 5) is 39.8. The van der Waals surface area contributed by atoms with Gasteiger partial charge in [-0.15, -0.1) is 11.3 Å². The van der Waals surface area contributed by atoms with E-state index in [1.807, 2.05) is 6.92 Å². The molecule has 0 saturated carbocycles. The molecular weight excluding hydrogens is 280 g/mol. The van der Waals surface area contributed by atoms with E-state index in [9.17, 15) is 14.4 Å². The van der Waals surface area contributed by atoms with Crippen LogP contribution in [-0.2, 0) is 4.79 Å². The van der Waals surface area contributed by atoms with Gasteiger partial charge >= 0.3 is 0 Å². The SMILES string of the molecule is CCCNC(=O)CNC(=O)c1cnc2sccn2c1=O. The van der Waals surface area contributed by atoms with E-state index < -0.39 is 11.5 Å². The summed E-state index contributed by atoms with van der Waals surface area (Å²) < 4.78 is 1.30. The molecule has 0 saturated heterocycles. The Bertz CT molecular complexity index is 691. The van der Waals surface area contributed by atoms with Crippen molar-refractivity contribution in [3.8, 4) is 0 Å². The van der Waals surface area contributed by atoms with Gasteiger partial charge in [0.25, 0.3) is 11.5 Å². The van der Waals surface area contributed by atoms with Crippen LogP contribution in [0.2, 0.25) is 0 Å². The Morgan fingerprint density at radius 2 is 2.20 bits per heavy atom. The predicted molar refractivity (Wildman–Crippen MR) is 75.0 cm³/mol.